The molecule has 1 aliphatic heterocycles. The molecule has 1 saturated heterocycles. The Morgan fingerprint density at radius 2 is 1.62 bits per heavy atom. The van der Waals surface area contributed by atoms with Crippen LogP contribution in [0.3, 0.4) is 0 Å². The number of ether oxygens (including phenoxy) is 2. The van der Waals surface area contributed by atoms with Crippen LogP contribution in [-0.4, -0.2) is 43.0 Å². The van der Waals surface area contributed by atoms with Gasteiger partial charge in [-0.25, -0.2) is 9.59 Å². The Labute approximate surface area is 169 Å². The molecular formula is C23H25NO5. The Balaban J connectivity index is 1.39. The number of carbonyl (C=O) groups is 2. The quantitative estimate of drug-likeness (QED) is 0.777. The number of aliphatic carboxylic acids is 1. The van der Waals surface area contributed by atoms with Gasteiger partial charge in [0.25, 0.3) is 0 Å². The number of carboxylic acid groups (broad SMARTS) is 1. The largest absolute Gasteiger partial charge is 0.480 e. The smallest absolute Gasteiger partial charge is 0.407 e. The first kappa shape index (κ1) is 19.5. The fraction of sp³-hybridized carbons (Fsp3) is 0.391. The van der Waals surface area contributed by atoms with Crippen LogP contribution in [0.5, 0.6) is 0 Å². The zero-order chi connectivity index (χ0) is 20.2. The van der Waals surface area contributed by atoms with Crippen LogP contribution in [0.4, 0.5) is 4.79 Å². The van der Waals surface area contributed by atoms with Crippen LogP contribution < -0.4 is 5.32 Å². The number of fused-ring (bicyclic) bond motifs is 3. The van der Waals surface area contributed by atoms with Gasteiger partial charge in [-0.2, -0.15) is 0 Å². The lowest BCUT2D eigenvalue weighted by atomic mass is 9.92. The van der Waals surface area contributed by atoms with Crippen molar-refractivity contribution in [1.82, 2.24) is 5.32 Å². The molecule has 2 aromatic carbocycles. The van der Waals surface area contributed by atoms with Crippen molar-refractivity contribution in [3.8, 4) is 11.1 Å². The van der Waals surface area contributed by atoms with Gasteiger partial charge in [0.2, 0.25) is 0 Å². The van der Waals surface area contributed by atoms with Gasteiger partial charge in [-0.05, 0) is 47.4 Å². The Morgan fingerprint density at radius 1 is 1.03 bits per heavy atom. The highest BCUT2D eigenvalue weighted by Gasteiger charge is 2.30. The summed E-state index contributed by atoms with van der Waals surface area (Å²) in [5.41, 5.74) is 4.55. The second kappa shape index (κ2) is 8.66. The van der Waals surface area contributed by atoms with Crippen LogP contribution in [-0.2, 0) is 14.3 Å². The maximum absolute atomic E-state index is 12.4. The van der Waals surface area contributed by atoms with Gasteiger partial charge in [-0.1, -0.05) is 48.5 Å². The summed E-state index contributed by atoms with van der Waals surface area (Å²) in [5.74, 6) is -0.851. The number of benzene rings is 2. The minimum Gasteiger partial charge on any atom is -0.480 e. The second-order valence-corrected chi connectivity index (χ2v) is 7.65. The number of carbonyl (C=O) groups excluding carboxylic acids is 1. The zero-order valence-electron chi connectivity index (χ0n) is 16.2. The van der Waals surface area contributed by atoms with E-state index >= 15 is 0 Å². The standard InChI is InChI=1S/C23H25NO5/c25-22(26)21(13-15-9-11-28-12-10-15)24-23(27)29-14-20-18-7-3-1-5-16(18)17-6-2-4-8-19(17)20/h1-8,15,20-21H,9-14H2,(H,24,27)(H,25,26)/t21-/m0/s1. The van der Waals surface area contributed by atoms with Crippen molar-refractivity contribution in [2.24, 2.45) is 5.92 Å². The molecule has 1 heterocycles. The van der Waals surface area contributed by atoms with E-state index in [4.69, 9.17) is 9.47 Å². The maximum atomic E-state index is 12.4. The van der Waals surface area contributed by atoms with Gasteiger partial charge in [-0.15, -0.1) is 0 Å². The monoisotopic (exact) mass is 395 g/mol. The molecule has 0 aromatic heterocycles. The van der Waals surface area contributed by atoms with Crippen LogP contribution in [0.2, 0.25) is 0 Å². The number of carboxylic acids is 1. The molecule has 4 rings (SSSR count). The SMILES string of the molecule is O=C(N[C@@H](CC1CCOCC1)C(=O)O)OCC1c2ccccc2-c2ccccc21. The van der Waals surface area contributed by atoms with E-state index in [2.05, 4.69) is 17.4 Å². The molecule has 152 valence electrons. The molecule has 2 N–H and O–H groups in total. The Morgan fingerprint density at radius 3 is 2.21 bits per heavy atom. The summed E-state index contributed by atoms with van der Waals surface area (Å²) >= 11 is 0. The van der Waals surface area contributed by atoms with Crippen LogP contribution in [0, 0.1) is 5.92 Å². The molecule has 0 spiro atoms. The molecule has 2 aromatic rings. The van der Waals surface area contributed by atoms with E-state index in [1.165, 1.54) is 0 Å². The number of amides is 1. The molecule has 6 heteroatoms. The van der Waals surface area contributed by atoms with E-state index in [1.54, 1.807) is 0 Å². The Kier molecular flexibility index (Phi) is 5.81. The van der Waals surface area contributed by atoms with Crippen LogP contribution in [0.25, 0.3) is 11.1 Å². The molecule has 29 heavy (non-hydrogen) atoms. The van der Waals surface area contributed by atoms with Gasteiger partial charge >= 0.3 is 12.1 Å². The first-order valence-corrected chi connectivity index (χ1v) is 10.1. The molecular weight excluding hydrogens is 370 g/mol. The van der Waals surface area contributed by atoms with Crippen molar-refractivity contribution in [1.29, 1.82) is 0 Å². The molecule has 1 fully saturated rings. The minimum atomic E-state index is -1.04. The van der Waals surface area contributed by atoms with Crippen LogP contribution in [0.1, 0.15) is 36.3 Å². The van der Waals surface area contributed by atoms with E-state index in [-0.39, 0.29) is 18.4 Å². The highest BCUT2D eigenvalue weighted by Crippen LogP contribution is 2.44. The fourth-order valence-corrected chi connectivity index (χ4v) is 4.32. The number of hydrogen-bond acceptors (Lipinski definition) is 4. The molecule has 6 nitrogen and oxygen atoms in total. The minimum absolute atomic E-state index is 0.0491. The average Bonchev–Trinajstić information content (AvgIpc) is 3.06. The predicted octanol–water partition coefficient (Wildman–Crippen LogP) is 3.80. The first-order valence-electron chi connectivity index (χ1n) is 10.1. The van der Waals surface area contributed by atoms with Crippen molar-refractivity contribution >= 4 is 12.1 Å². The van der Waals surface area contributed by atoms with Gasteiger partial charge < -0.3 is 19.9 Å². The topological polar surface area (TPSA) is 84.9 Å². The third kappa shape index (κ3) is 4.27. The average molecular weight is 395 g/mol. The first-order chi connectivity index (χ1) is 14.1. The van der Waals surface area contributed by atoms with E-state index in [0.29, 0.717) is 19.6 Å². The van der Waals surface area contributed by atoms with Crippen molar-refractivity contribution in [2.45, 2.75) is 31.2 Å². The van der Waals surface area contributed by atoms with E-state index in [1.807, 2.05) is 36.4 Å². The third-order valence-electron chi connectivity index (χ3n) is 5.84. The van der Waals surface area contributed by atoms with Crippen LogP contribution in [0.15, 0.2) is 48.5 Å². The summed E-state index contributed by atoms with van der Waals surface area (Å²) in [6.45, 7) is 1.45. The molecule has 1 amide bonds. The Hall–Kier alpha value is -2.86. The Bertz CT molecular complexity index is 845. The van der Waals surface area contributed by atoms with Gasteiger partial charge in [-0.3, -0.25) is 0 Å². The lowest BCUT2D eigenvalue weighted by molar-refractivity contribution is -0.140. The molecule has 0 saturated carbocycles. The summed E-state index contributed by atoms with van der Waals surface area (Å²) < 4.78 is 10.8. The molecule has 0 radical (unpaired) electrons. The summed E-state index contributed by atoms with van der Waals surface area (Å²) in [7, 11) is 0. The molecule has 1 aliphatic carbocycles. The van der Waals surface area contributed by atoms with Gasteiger partial charge in [0.15, 0.2) is 0 Å². The van der Waals surface area contributed by atoms with E-state index < -0.39 is 18.1 Å². The summed E-state index contributed by atoms with van der Waals surface area (Å²) in [6, 6.07) is 15.2. The van der Waals surface area contributed by atoms with Crippen molar-refractivity contribution in [3.05, 3.63) is 59.7 Å². The van der Waals surface area contributed by atoms with Gasteiger partial charge in [0, 0.05) is 19.1 Å². The summed E-state index contributed by atoms with van der Waals surface area (Å²) in [4.78, 5) is 24.0. The third-order valence-corrected chi connectivity index (χ3v) is 5.84. The van der Waals surface area contributed by atoms with Gasteiger partial charge in [0.1, 0.15) is 12.6 Å². The lowest BCUT2D eigenvalue weighted by Gasteiger charge is -2.25. The van der Waals surface area contributed by atoms with Crippen molar-refractivity contribution in [2.75, 3.05) is 19.8 Å². The molecule has 0 unspecified atom stereocenters. The van der Waals surface area contributed by atoms with Crippen LogP contribution >= 0.6 is 0 Å². The zero-order valence-corrected chi connectivity index (χ0v) is 16.2. The number of hydrogen-bond donors (Lipinski definition) is 2. The highest BCUT2D eigenvalue weighted by molar-refractivity contribution is 5.81. The van der Waals surface area contributed by atoms with E-state index in [9.17, 15) is 14.7 Å². The van der Waals surface area contributed by atoms with E-state index in [0.717, 1.165) is 35.1 Å². The second-order valence-electron chi connectivity index (χ2n) is 7.65. The van der Waals surface area contributed by atoms with Crippen molar-refractivity contribution < 1.29 is 24.2 Å². The van der Waals surface area contributed by atoms with Crippen molar-refractivity contribution in [3.63, 3.8) is 0 Å². The number of nitrogens with one attached hydrogen (secondary N) is 1. The molecule has 2 aliphatic rings. The predicted molar refractivity (Wildman–Crippen MR) is 108 cm³/mol. The lowest BCUT2D eigenvalue weighted by Crippen LogP contribution is -2.43. The molecule has 0 bridgehead atoms. The fourth-order valence-electron chi connectivity index (χ4n) is 4.32. The maximum Gasteiger partial charge on any atom is 0.407 e. The number of alkyl carbamates (subject to hydrolysis) is 1. The van der Waals surface area contributed by atoms with Gasteiger partial charge in [0.05, 0.1) is 0 Å². The normalized spacial score (nSPS) is 17.2. The number of rotatable bonds is 6. The highest BCUT2D eigenvalue weighted by atomic mass is 16.5. The molecule has 1 atom stereocenters. The summed E-state index contributed by atoms with van der Waals surface area (Å²) in [5, 5.41) is 12.0. The summed E-state index contributed by atoms with van der Waals surface area (Å²) in [6.07, 6.45) is 1.33.